The Bertz CT molecular complexity index is 381. The van der Waals surface area contributed by atoms with Crippen molar-refractivity contribution in [2.45, 2.75) is 37.5 Å². The highest BCUT2D eigenvalue weighted by Crippen LogP contribution is 2.28. The fourth-order valence-corrected chi connectivity index (χ4v) is 0.981. The predicted octanol–water partition coefficient (Wildman–Crippen LogP) is -0.899. The minimum absolute atomic E-state index is 0.398. The van der Waals surface area contributed by atoms with Gasteiger partial charge in [0.1, 0.15) is 6.04 Å². The Labute approximate surface area is 106 Å². The zero-order chi connectivity index (χ0) is 15.4. The Balaban J connectivity index is 4.82. The van der Waals surface area contributed by atoms with Crippen LogP contribution in [0.2, 0.25) is 0 Å². The second-order valence-electron chi connectivity index (χ2n) is 4.07. The zero-order valence-electron chi connectivity index (χ0n) is 9.95. The van der Waals surface area contributed by atoms with Gasteiger partial charge in [0.05, 0.1) is 0 Å². The Kier molecular flexibility index (Phi) is 5.30. The summed E-state index contributed by atoms with van der Waals surface area (Å²) in [6.45, 7) is 0.412. The van der Waals surface area contributed by atoms with E-state index in [1.54, 1.807) is 5.32 Å². The summed E-state index contributed by atoms with van der Waals surface area (Å²) in [5.74, 6) is -4.13. The van der Waals surface area contributed by atoms with E-state index in [0.29, 0.717) is 6.92 Å². The molecule has 0 rings (SSSR count). The summed E-state index contributed by atoms with van der Waals surface area (Å²) in [5, 5.41) is 10.3. The van der Waals surface area contributed by atoms with Gasteiger partial charge in [-0.1, -0.05) is 0 Å². The molecule has 0 spiro atoms. The molecule has 0 bridgehead atoms. The topological polar surface area (TPSA) is 136 Å². The third-order valence-corrected chi connectivity index (χ3v) is 2.34. The van der Waals surface area contributed by atoms with Crippen LogP contribution in [-0.2, 0) is 14.4 Å². The number of alkyl halides is 3. The van der Waals surface area contributed by atoms with Gasteiger partial charge in [-0.3, -0.25) is 9.59 Å². The summed E-state index contributed by atoms with van der Waals surface area (Å²) in [6, 6.07) is -1.68. The van der Waals surface area contributed by atoms with Gasteiger partial charge >= 0.3 is 12.1 Å². The van der Waals surface area contributed by atoms with Crippen LogP contribution in [0, 0.1) is 0 Å². The molecule has 6 N–H and O–H groups in total. The summed E-state index contributed by atoms with van der Waals surface area (Å²) in [5.41, 5.74) is 6.37. The summed E-state index contributed by atoms with van der Waals surface area (Å²) in [4.78, 5) is 32.6. The Morgan fingerprint density at radius 3 is 2.11 bits per heavy atom. The average molecular weight is 285 g/mol. The van der Waals surface area contributed by atoms with Crippen molar-refractivity contribution in [1.82, 2.24) is 5.32 Å². The van der Waals surface area contributed by atoms with Crippen LogP contribution in [0.25, 0.3) is 0 Å². The van der Waals surface area contributed by atoms with Crippen molar-refractivity contribution < 1.29 is 32.7 Å². The molecular formula is C9H14F3N3O4. The molecule has 0 aliphatic carbocycles. The van der Waals surface area contributed by atoms with Crippen molar-refractivity contribution >= 4 is 17.8 Å². The lowest BCUT2D eigenvalue weighted by Crippen LogP contribution is -2.63. The SMILES string of the molecule is CC(N)(C(=O)N[C@@H](CCC(N)=O)C(=O)O)C(F)(F)F. The van der Waals surface area contributed by atoms with Crippen LogP contribution in [0.15, 0.2) is 0 Å². The first kappa shape index (κ1) is 17.2. The Morgan fingerprint density at radius 2 is 1.79 bits per heavy atom. The number of rotatable bonds is 6. The maximum Gasteiger partial charge on any atom is 0.415 e. The van der Waals surface area contributed by atoms with Gasteiger partial charge in [-0.05, 0) is 13.3 Å². The molecule has 7 nitrogen and oxygen atoms in total. The van der Waals surface area contributed by atoms with E-state index in [9.17, 15) is 27.6 Å². The van der Waals surface area contributed by atoms with E-state index in [1.165, 1.54) is 0 Å². The molecule has 2 atom stereocenters. The van der Waals surface area contributed by atoms with Gasteiger partial charge in [-0.25, -0.2) is 4.79 Å². The van der Waals surface area contributed by atoms with Crippen LogP contribution in [0.1, 0.15) is 19.8 Å². The first-order valence-corrected chi connectivity index (χ1v) is 5.07. The lowest BCUT2D eigenvalue weighted by Gasteiger charge is -2.27. The monoisotopic (exact) mass is 285 g/mol. The maximum absolute atomic E-state index is 12.4. The highest BCUT2D eigenvalue weighted by molar-refractivity contribution is 5.90. The predicted molar refractivity (Wildman–Crippen MR) is 56.6 cm³/mol. The van der Waals surface area contributed by atoms with E-state index in [0.717, 1.165) is 0 Å². The van der Waals surface area contributed by atoms with Gasteiger partial charge in [0.25, 0.3) is 0 Å². The number of carbonyl (C=O) groups excluding carboxylic acids is 2. The van der Waals surface area contributed by atoms with Crippen LogP contribution in [-0.4, -0.2) is 40.6 Å². The summed E-state index contributed by atoms with van der Waals surface area (Å²) >= 11 is 0. The summed E-state index contributed by atoms with van der Waals surface area (Å²) in [6.07, 6.45) is -5.86. The third kappa shape index (κ3) is 4.73. The largest absolute Gasteiger partial charge is 0.480 e. The van der Waals surface area contributed by atoms with Crippen molar-refractivity contribution in [1.29, 1.82) is 0 Å². The lowest BCUT2D eigenvalue weighted by molar-refractivity contribution is -0.188. The smallest absolute Gasteiger partial charge is 0.415 e. The number of carbonyl (C=O) groups is 3. The number of aliphatic carboxylic acids is 1. The van der Waals surface area contributed by atoms with Crippen LogP contribution < -0.4 is 16.8 Å². The van der Waals surface area contributed by atoms with Crippen LogP contribution in [0.3, 0.4) is 0 Å². The van der Waals surface area contributed by atoms with Gasteiger partial charge in [-0.15, -0.1) is 0 Å². The van der Waals surface area contributed by atoms with E-state index in [2.05, 4.69) is 0 Å². The number of hydrogen-bond donors (Lipinski definition) is 4. The molecule has 0 aliphatic heterocycles. The molecule has 0 aromatic heterocycles. The molecule has 0 fully saturated rings. The van der Waals surface area contributed by atoms with Gasteiger partial charge in [-0.2, -0.15) is 13.2 Å². The van der Waals surface area contributed by atoms with Gasteiger partial charge < -0.3 is 21.9 Å². The van der Waals surface area contributed by atoms with Crippen molar-refractivity contribution in [2.75, 3.05) is 0 Å². The van der Waals surface area contributed by atoms with E-state index in [-0.39, 0.29) is 0 Å². The molecule has 2 amide bonds. The molecule has 0 aromatic rings. The first-order chi connectivity index (χ1) is 8.39. The van der Waals surface area contributed by atoms with E-state index in [4.69, 9.17) is 16.6 Å². The maximum atomic E-state index is 12.4. The minimum Gasteiger partial charge on any atom is -0.480 e. The number of nitrogens with two attached hydrogens (primary N) is 2. The van der Waals surface area contributed by atoms with Crippen molar-refractivity contribution in [3.63, 3.8) is 0 Å². The summed E-state index contributed by atoms with van der Waals surface area (Å²) in [7, 11) is 0. The second kappa shape index (κ2) is 5.87. The zero-order valence-corrected chi connectivity index (χ0v) is 9.95. The highest BCUT2D eigenvalue weighted by Gasteiger charge is 2.54. The number of nitrogens with one attached hydrogen (secondary N) is 1. The average Bonchev–Trinajstić information content (AvgIpc) is 2.21. The molecule has 10 heteroatoms. The van der Waals surface area contributed by atoms with E-state index in [1.807, 2.05) is 0 Å². The van der Waals surface area contributed by atoms with Crippen LogP contribution in [0.5, 0.6) is 0 Å². The molecule has 0 aliphatic rings. The minimum atomic E-state index is -5.04. The number of amides is 2. The fourth-order valence-electron chi connectivity index (χ4n) is 0.981. The second-order valence-corrected chi connectivity index (χ2v) is 4.07. The third-order valence-electron chi connectivity index (χ3n) is 2.34. The Morgan fingerprint density at radius 1 is 1.32 bits per heavy atom. The van der Waals surface area contributed by atoms with Gasteiger partial charge in [0.2, 0.25) is 11.8 Å². The molecule has 19 heavy (non-hydrogen) atoms. The summed E-state index contributed by atoms with van der Waals surface area (Å²) < 4.78 is 37.3. The highest BCUT2D eigenvalue weighted by atomic mass is 19.4. The van der Waals surface area contributed by atoms with E-state index < -0.39 is 48.4 Å². The van der Waals surface area contributed by atoms with Crippen molar-refractivity contribution in [3.8, 4) is 0 Å². The molecule has 0 aromatic carbocycles. The molecule has 0 heterocycles. The molecule has 0 radical (unpaired) electrons. The first-order valence-electron chi connectivity index (χ1n) is 5.07. The molecule has 0 saturated carbocycles. The Hall–Kier alpha value is -1.84. The molecular weight excluding hydrogens is 271 g/mol. The molecule has 1 unspecified atom stereocenters. The van der Waals surface area contributed by atoms with Gasteiger partial charge in [0, 0.05) is 6.42 Å². The number of carboxylic acids is 1. The molecule has 0 saturated heterocycles. The normalized spacial score (nSPS) is 16.3. The van der Waals surface area contributed by atoms with Crippen molar-refractivity contribution in [2.24, 2.45) is 11.5 Å². The number of hydrogen-bond acceptors (Lipinski definition) is 4. The van der Waals surface area contributed by atoms with E-state index >= 15 is 0 Å². The van der Waals surface area contributed by atoms with Crippen LogP contribution >= 0.6 is 0 Å². The molecule has 110 valence electrons. The van der Waals surface area contributed by atoms with Crippen molar-refractivity contribution in [3.05, 3.63) is 0 Å². The van der Waals surface area contributed by atoms with Crippen LogP contribution in [0.4, 0.5) is 13.2 Å². The number of halogens is 3. The fraction of sp³-hybridized carbons (Fsp3) is 0.667. The number of carboxylic acid groups (broad SMARTS) is 1. The quantitative estimate of drug-likeness (QED) is 0.501. The van der Waals surface area contributed by atoms with Gasteiger partial charge in [0.15, 0.2) is 5.54 Å². The number of primary amides is 1. The lowest BCUT2D eigenvalue weighted by atomic mass is 10.0. The standard InChI is InChI=1S/C9H14F3N3O4/c1-8(14,9(10,11)12)7(19)15-4(6(17)18)2-3-5(13)16/h4H,2-3,14H2,1H3,(H2,13,16)(H,15,19)(H,17,18)/t4-,8?/m0/s1.